The quantitative estimate of drug-likeness (QED) is 0.464. The molecule has 3 aromatic rings. The molecule has 2 aromatic carbocycles. The number of sulfonamides is 1. The second-order valence-corrected chi connectivity index (χ2v) is 9.49. The van der Waals surface area contributed by atoms with Gasteiger partial charge in [0, 0.05) is 23.4 Å². The van der Waals surface area contributed by atoms with E-state index < -0.39 is 33.8 Å². The summed E-state index contributed by atoms with van der Waals surface area (Å²) >= 11 is 0. The fourth-order valence-electron chi connectivity index (χ4n) is 3.10. The SMILES string of the molecule is Cc1c(F)cccc1S(=O)(=O)Nc1ccc(C(=O)O[C@@H](C)C(=O)Nc2ccnn2C(C)C)cc1. The monoisotopic (exact) mass is 488 g/mol. The molecular weight excluding hydrogens is 463 g/mol. The van der Waals surface area contributed by atoms with Crippen LogP contribution in [0.4, 0.5) is 15.9 Å². The molecule has 2 N–H and O–H groups in total. The zero-order valence-electron chi connectivity index (χ0n) is 19.1. The summed E-state index contributed by atoms with van der Waals surface area (Å²) in [6.45, 7) is 6.63. The molecule has 1 atom stereocenters. The third-order valence-corrected chi connectivity index (χ3v) is 6.47. The minimum absolute atomic E-state index is 0.00101. The van der Waals surface area contributed by atoms with Crippen molar-refractivity contribution in [1.82, 2.24) is 9.78 Å². The summed E-state index contributed by atoms with van der Waals surface area (Å²) in [5, 5.41) is 6.79. The first kappa shape index (κ1) is 24.9. The van der Waals surface area contributed by atoms with Gasteiger partial charge < -0.3 is 10.1 Å². The molecule has 0 bridgehead atoms. The fourth-order valence-corrected chi connectivity index (χ4v) is 4.41. The van der Waals surface area contributed by atoms with Crippen LogP contribution in [0, 0.1) is 12.7 Å². The number of carbonyl (C=O) groups is 2. The molecule has 0 fully saturated rings. The summed E-state index contributed by atoms with van der Waals surface area (Å²) < 4.78 is 48.1. The Kier molecular flexibility index (Phi) is 7.35. The van der Waals surface area contributed by atoms with Crippen LogP contribution >= 0.6 is 0 Å². The molecule has 3 rings (SSSR count). The lowest BCUT2D eigenvalue weighted by atomic mass is 10.2. The first-order valence-corrected chi connectivity index (χ1v) is 11.9. The third kappa shape index (κ3) is 5.60. The van der Waals surface area contributed by atoms with Crippen molar-refractivity contribution in [3.63, 3.8) is 0 Å². The van der Waals surface area contributed by atoms with Gasteiger partial charge in [0.1, 0.15) is 11.6 Å². The molecule has 1 amide bonds. The fraction of sp³-hybridized carbons (Fsp3) is 0.261. The summed E-state index contributed by atoms with van der Waals surface area (Å²) in [6, 6.07) is 10.9. The number of amides is 1. The van der Waals surface area contributed by atoms with Gasteiger partial charge in [-0.2, -0.15) is 5.10 Å². The summed E-state index contributed by atoms with van der Waals surface area (Å²) in [4.78, 5) is 24.7. The number of halogens is 1. The van der Waals surface area contributed by atoms with Crippen LogP contribution in [0.3, 0.4) is 0 Å². The van der Waals surface area contributed by atoms with E-state index >= 15 is 0 Å². The molecule has 180 valence electrons. The summed E-state index contributed by atoms with van der Waals surface area (Å²) in [6.07, 6.45) is 0.467. The molecule has 0 aliphatic rings. The van der Waals surface area contributed by atoms with Gasteiger partial charge in [0.2, 0.25) is 0 Å². The Balaban J connectivity index is 1.64. The highest BCUT2D eigenvalue weighted by Crippen LogP contribution is 2.22. The maximum absolute atomic E-state index is 13.7. The Bertz CT molecular complexity index is 1300. The van der Waals surface area contributed by atoms with Crippen LogP contribution in [0.15, 0.2) is 59.6 Å². The molecular formula is C23H25FN4O5S. The predicted octanol–water partition coefficient (Wildman–Crippen LogP) is 3.90. The average Bonchev–Trinajstić information content (AvgIpc) is 3.24. The van der Waals surface area contributed by atoms with Crippen molar-refractivity contribution in [2.24, 2.45) is 0 Å². The first-order chi connectivity index (χ1) is 16.0. The molecule has 0 unspecified atom stereocenters. The summed E-state index contributed by atoms with van der Waals surface area (Å²) in [7, 11) is -4.03. The van der Waals surface area contributed by atoms with E-state index in [1.165, 1.54) is 56.3 Å². The second kappa shape index (κ2) is 10.0. The van der Waals surface area contributed by atoms with Gasteiger partial charge in [-0.25, -0.2) is 22.3 Å². The molecule has 0 aliphatic heterocycles. The van der Waals surface area contributed by atoms with E-state index in [1.807, 2.05) is 13.8 Å². The molecule has 0 radical (unpaired) electrons. The number of hydrogen-bond acceptors (Lipinski definition) is 6. The van der Waals surface area contributed by atoms with Gasteiger partial charge in [0.25, 0.3) is 15.9 Å². The topological polar surface area (TPSA) is 119 Å². The van der Waals surface area contributed by atoms with Crippen molar-refractivity contribution in [3.05, 3.63) is 71.7 Å². The number of hydrogen-bond donors (Lipinski definition) is 2. The van der Waals surface area contributed by atoms with E-state index in [0.29, 0.717) is 5.82 Å². The van der Waals surface area contributed by atoms with Gasteiger partial charge >= 0.3 is 5.97 Å². The van der Waals surface area contributed by atoms with E-state index in [1.54, 1.807) is 16.9 Å². The number of anilines is 2. The largest absolute Gasteiger partial charge is 0.449 e. The number of ether oxygens (including phenoxy) is 1. The minimum Gasteiger partial charge on any atom is -0.449 e. The highest BCUT2D eigenvalue weighted by molar-refractivity contribution is 7.92. The first-order valence-electron chi connectivity index (χ1n) is 10.4. The van der Waals surface area contributed by atoms with Gasteiger partial charge in [-0.15, -0.1) is 0 Å². The van der Waals surface area contributed by atoms with Crippen LogP contribution in [0.25, 0.3) is 0 Å². The molecule has 0 spiro atoms. The standard InChI is InChI=1S/C23H25FN4O5S/c1-14(2)28-21(12-13-25-28)26-22(29)16(4)33-23(30)17-8-10-18(11-9-17)27-34(31,32)20-7-5-6-19(24)15(20)3/h5-14,16,27H,1-4H3,(H,26,29)/t16-/m0/s1. The molecule has 0 saturated heterocycles. The Morgan fingerprint density at radius 2 is 1.74 bits per heavy atom. The van der Waals surface area contributed by atoms with Crippen LogP contribution in [0.5, 0.6) is 0 Å². The molecule has 11 heteroatoms. The van der Waals surface area contributed by atoms with Crippen LogP contribution in [0.1, 0.15) is 42.7 Å². The molecule has 1 aromatic heterocycles. The second-order valence-electron chi connectivity index (χ2n) is 7.84. The molecule has 0 aliphatic carbocycles. The van der Waals surface area contributed by atoms with Crippen molar-refractivity contribution in [3.8, 4) is 0 Å². The van der Waals surface area contributed by atoms with E-state index in [9.17, 15) is 22.4 Å². The van der Waals surface area contributed by atoms with Crippen molar-refractivity contribution >= 4 is 33.4 Å². The number of benzene rings is 2. The zero-order valence-corrected chi connectivity index (χ0v) is 19.9. The average molecular weight is 489 g/mol. The lowest BCUT2D eigenvalue weighted by Gasteiger charge is -2.16. The molecule has 9 nitrogen and oxygen atoms in total. The summed E-state index contributed by atoms with van der Waals surface area (Å²) in [5.41, 5.74) is 0.295. The van der Waals surface area contributed by atoms with Crippen molar-refractivity contribution in [2.75, 3.05) is 10.0 Å². The van der Waals surface area contributed by atoms with Gasteiger partial charge in [-0.1, -0.05) is 6.07 Å². The number of esters is 1. The normalized spacial score (nSPS) is 12.3. The Hall–Kier alpha value is -3.73. The third-order valence-electron chi connectivity index (χ3n) is 4.94. The number of nitrogens with one attached hydrogen (secondary N) is 2. The van der Waals surface area contributed by atoms with Gasteiger partial charge in [-0.3, -0.25) is 9.52 Å². The van der Waals surface area contributed by atoms with Crippen LogP contribution < -0.4 is 10.0 Å². The lowest BCUT2D eigenvalue weighted by Crippen LogP contribution is -2.31. The van der Waals surface area contributed by atoms with Gasteiger partial charge in [0.15, 0.2) is 6.10 Å². The molecule has 1 heterocycles. The van der Waals surface area contributed by atoms with Crippen molar-refractivity contribution in [2.45, 2.75) is 44.7 Å². The Morgan fingerprint density at radius 1 is 1.06 bits per heavy atom. The van der Waals surface area contributed by atoms with Gasteiger partial charge in [-0.05, 0) is 64.1 Å². The number of rotatable bonds is 8. The number of carbonyl (C=O) groups excluding carboxylic acids is 2. The molecule has 34 heavy (non-hydrogen) atoms. The van der Waals surface area contributed by atoms with E-state index in [-0.39, 0.29) is 27.8 Å². The highest BCUT2D eigenvalue weighted by Gasteiger charge is 2.22. The van der Waals surface area contributed by atoms with Crippen LogP contribution in [-0.4, -0.2) is 36.2 Å². The Labute approximate surface area is 197 Å². The molecule has 0 saturated carbocycles. The van der Waals surface area contributed by atoms with Gasteiger partial charge in [0.05, 0.1) is 16.7 Å². The van der Waals surface area contributed by atoms with E-state index in [4.69, 9.17) is 4.74 Å². The van der Waals surface area contributed by atoms with Crippen molar-refractivity contribution in [1.29, 1.82) is 0 Å². The van der Waals surface area contributed by atoms with Crippen LogP contribution in [-0.2, 0) is 19.6 Å². The van der Waals surface area contributed by atoms with E-state index in [0.717, 1.165) is 0 Å². The minimum atomic E-state index is -4.03. The number of nitrogens with zero attached hydrogens (tertiary/aromatic N) is 2. The predicted molar refractivity (Wildman–Crippen MR) is 125 cm³/mol. The lowest BCUT2D eigenvalue weighted by molar-refractivity contribution is -0.123. The zero-order chi connectivity index (χ0) is 25.0. The summed E-state index contributed by atoms with van der Waals surface area (Å²) in [5.74, 6) is -1.43. The van der Waals surface area contributed by atoms with E-state index in [2.05, 4.69) is 15.1 Å². The Morgan fingerprint density at radius 3 is 2.38 bits per heavy atom. The maximum Gasteiger partial charge on any atom is 0.338 e. The van der Waals surface area contributed by atoms with Crippen molar-refractivity contribution < 1.29 is 27.1 Å². The van der Waals surface area contributed by atoms with Crippen LogP contribution in [0.2, 0.25) is 0 Å². The highest BCUT2D eigenvalue weighted by atomic mass is 32.2. The smallest absolute Gasteiger partial charge is 0.338 e. The maximum atomic E-state index is 13.7. The number of aromatic nitrogens is 2.